The average Bonchev–Trinajstić information content (AvgIpc) is 3.04. The average molecular weight is 363 g/mol. The van der Waals surface area contributed by atoms with Gasteiger partial charge in [0, 0.05) is 38.2 Å². The summed E-state index contributed by atoms with van der Waals surface area (Å²) in [6, 6.07) is 0. The van der Waals surface area contributed by atoms with E-state index >= 15 is 0 Å². The molecule has 0 bridgehead atoms. The molecule has 7 nitrogen and oxygen atoms in total. The summed E-state index contributed by atoms with van der Waals surface area (Å²) in [6.07, 6.45) is 2.43. The minimum Gasteiger partial charge on any atom is -0.450 e. The van der Waals surface area contributed by atoms with Crippen molar-refractivity contribution in [1.29, 1.82) is 0 Å². The highest BCUT2D eigenvalue weighted by molar-refractivity contribution is 5.94. The first-order valence-electron chi connectivity index (χ1n) is 9.49. The van der Waals surface area contributed by atoms with E-state index in [9.17, 15) is 9.59 Å². The predicted molar refractivity (Wildman–Crippen MR) is 96.0 cm³/mol. The lowest BCUT2D eigenvalue weighted by atomic mass is 9.71. The van der Waals surface area contributed by atoms with Crippen LogP contribution in [0.15, 0.2) is 4.52 Å². The van der Waals surface area contributed by atoms with Crippen molar-refractivity contribution in [2.45, 2.75) is 47.0 Å². The van der Waals surface area contributed by atoms with Gasteiger partial charge in [-0.1, -0.05) is 25.9 Å². The van der Waals surface area contributed by atoms with Crippen molar-refractivity contribution in [2.75, 3.05) is 32.8 Å². The van der Waals surface area contributed by atoms with Crippen molar-refractivity contribution in [3.63, 3.8) is 0 Å². The van der Waals surface area contributed by atoms with E-state index in [4.69, 9.17) is 9.26 Å². The summed E-state index contributed by atoms with van der Waals surface area (Å²) in [7, 11) is 0. The van der Waals surface area contributed by atoms with Crippen LogP contribution < -0.4 is 0 Å². The third-order valence-electron chi connectivity index (χ3n) is 5.56. The minimum atomic E-state index is -0.313. The Kier molecular flexibility index (Phi) is 5.25. The molecule has 1 unspecified atom stereocenters. The molecular weight excluding hydrogens is 334 g/mol. The summed E-state index contributed by atoms with van der Waals surface area (Å²) >= 11 is 0. The molecule has 0 spiro atoms. The second kappa shape index (κ2) is 7.29. The number of piperazine rings is 1. The van der Waals surface area contributed by atoms with Gasteiger partial charge in [-0.15, -0.1) is 0 Å². The number of rotatable bonds is 2. The normalized spacial score (nSPS) is 20.7. The van der Waals surface area contributed by atoms with Gasteiger partial charge in [0.05, 0.1) is 6.61 Å². The van der Waals surface area contributed by atoms with Gasteiger partial charge < -0.3 is 19.1 Å². The van der Waals surface area contributed by atoms with Crippen LogP contribution in [0.2, 0.25) is 0 Å². The number of carbonyl (C=O) groups is 2. The first-order valence-corrected chi connectivity index (χ1v) is 9.49. The molecule has 1 aliphatic heterocycles. The van der Waals surface area contributed by atoms with Crippen molar-refractivity contribution >= 4 is 12.0 Å². The summed E-state index contributed by atoms with van der Waals surface area (Å²) in [5, 5.41) is 4.10. The summed E-state index contributed by atoms with van der Waals surface area (Å²) in [5.74, 6) is 1.29. The number of nitrogens with zero attached hydrogens (tertiary/aromatic N) is 3. The highest BCUT2D eigenvalue weighted by Crippen LogP contribution is 2.38. The van der Waals surface area contributed by atoms with E-state index in [1.54, 1.807) is 16.7 Å². The lowest BCUT2D eigenvalue weighted by Gasteiger charge is -2.35. The zero-order chi connectivity index (χ0) is 18.9. The van der Waals surface area contributed by atoms with Gasteiger partial charge in [-0.25, -0.2) is 4.79 Å². The lowest BCUT2D eigenvalue weighted by molar-refractivity contribution is 0.0561. The molecule has 2 aliphatic rings. The van der Waals surface area contributed by atoms with Crippen LogP contribution >= 0.6 is 0 Å². The van der Waals surface area contributed by atoms with Gasteiger partial charge in [-0.2, -0.15) is 0 Å². The van der Waals surface area contributed by atoms with Crippen molar-refractivity contribution in [3.8, 4) is 0 Å². The summed E-state index contributed by atoms with van der Waals surface area (Å²) in [6.45, 7) is 10.8. The summed E-state index contributed by atoms with van der Waals surface area (Å²) in [4.78, 5) is 28.2. The van der Waals surface area contributed by atoms with Crippen LogP contribution in [0.5, 0.6) is 0 Å². The van der Waals surface area contributed by atoms with Crippen LogP contribution in [0.3, 0.4) is 0 Å². The molecule has 1 aromatic rings. The van der Waals surface area contributed by atoms with Crippen molar-refractivity contribution in [2.24, 2.45) is 11.3 Å². The number of ether oxygens (including phenoxy) is 1. The van der Waals surface area contributed by atoms with Crippen molar-refractivity contribution in [1.82, 2.24) is 15.0 Å². The van der Waals surface area contributed by atoms with Gasteiger partial charge in [-0.05, 0) is 31.1 Å². The SMILES string of the molecule is CCOC(=O)N1CCN(C(=O)c2noc3c2CC(C(C)(C)C)CC3)CC1. The molecule has 26 heavy (non-hydrogen) atoms. The molecule has 0 radical (unpaired) electrons. The largest absolute Gasteiger partial charge is 0.450 e. The van der Waals surface area contributed by atoms with Crippen LogP contribution in [0.4, 0.5) is 4.79 Å². The molecule has 1 saturated heterocycles. The Morgan fingerprint density at radius 2 is 1.85 bits per heavy atom. The third kappa shape index (κ3) is 3.71. The Morgan fingerprint density at radius 3 is 2.46 bits per heavy atom. The maximum absolute atomic E-state index is 13.0. The first kappa shape index (κ1) is 18.7. The topological polar surface area (TPSA) is 75.9 Å². The van der Waals surface area contributed by atoms with E-state index in [0.29, 0.717) is 44.4 Å². The van der Waals surface area contributed by atoms with E-state index in [1.807, 2.05) is 0 Å². The number of amides is 2. The quantitative estimate of drug-likeness (QED) is 0.807. The zero-order valence-electron chi connectivity index (χ0n) is 16.2. The maximum Gasteiger partial charge on any atom is 0.409 e. The van der Waals surface area contributed by atoms with Crippen LogP contribution in [-0.4, -0.2) is 59.7 Å². The molecule has 2 amide bonds. The molecule has 1 aliphatic carbocycles. The molecule has 144 valence electrons. The van der Waals surface area contributed by atoms with Crippen LogP contribution in [0, 0.1) is 11.3 Å². The second-order valence-corrected chi connectivity index (χ2v) is 8.22. The van der Waals surface area contributed by atoms with E-state index in [0.717, 1.165) is 30.6 Å². The Bertz CT molecular complexity index is 669. The highest BCUT2D eigenvalue weighted by atomic mass is 16.6. The molecule has 0 saturated carbocycles. The maximum atomic E-state index is 13.0. The first-order chi connectivity index (χ1) is 12.3. The third-order valence-corrected chi connectivity index (χ3v) is 5.56. The van der Waals surface area contributed by atoms with Gasteiger partial charge >= 0.3 is 6.09 Å². The fourth-order valence-corrected chi connectivity index (χ4v) is 3.77. The molecule has 0 aromatic carbocycles. The molecule has 3 rings (SSSR count). The monoisotopic (exact) mass is 363 g/mol. The number of fused-ring (bicyclic) bond motifs is 1. The number of carbonyl (C=O) groups excluding carboxylic acids is 2. The van der Waals surface area contributed by atoms with Crippen molar-refractivity contribution < 1.29 is 18.8 Å². The summed E-state index contributed by atoms with van der Waals surface area (Å²) in [5.41, 5.74) is 1.63. The Balaban J connectivity index is 1.67. The van der Waals surface area contributed by atoms with Gasteiger partial charge in [-0.3, -0.25) is 4.79 Å². The summed E-state index contributed by atoms with van der Waals surface area (Å²) < 4.78 is 10.5. The van der Waals surface area contributed by atoms with E-state index in [-0.39, 0.29) is 17.4 Å². The van der Waals surface area contributed by atoms with Crippen LogP contribution in [0.1, 0.15) is 55.9 Å². The fraction of sp³-hybridized carbons (Fsp3) is 0.737. The molecule has 1 atom stereocenters. The number of hydrogen-bond donors (Lipinski definition) is 0. The molecule has 1 fully saturated rings. The van der Waals surface area contributed by atoms with Crippen molar-refractivity contribution in [3.05, 3.63) is 17.0 Å². The second-order valence-electron chi connectivity index (χ2n) is 8.22. The molecule has 1 aromatic heterocycles. The predicted octanol–water partition coefficient (Wildman–Crippen LogP) is 2.74. The smallest absolute Gasteiger partial charge is 0.409 e. The highest BCUT2D eigenvalue weighted by Gasteiger charge is 2.36. The molecule has 0 N–H and O–H groups in total. The fourth-order valence-electron chi connectivity index (χ4n) is 3.77. The van der Waals surface area contributed by atoms with Gasteiger partial charge in [0.1, 0.15) is 5.76 Å². The Labute approximate surface area is 154 Å². The van der Waals surface area contributed by atoms with E-state index in [2.05, 4.69) is 25.9 Å². The standard InChI is InChI=1S/C19H29N3O4/c1-5-25-18(24)22-10-8-21(9-11-22)17(23)16-14-12-13(19(2,3)4)6-7-15(14)26-20-16/h13H,5-12H2,1-4H3. The molecule has 2 heterocycles. The zero-order valence-corrected chi connectivity index (χ0v) is 16.2. The number of hydrogen-bond acceptors (Lipinski definition) is 5. The van der Waals surface area contributed by atoms with Crippen LogP contribution in [-0.2, 0) is 17.6 Å². The van der Waals surface area contributed by atoms with Crippen LogP contribution in [0.25, 0.3) is 0 Å². The minimum absolute atomic E-state index is 0.0898. The van der Waals surface area contributed by atoms with E-state index in [1.165, 1.54) is 0 Å². The molecular formula is C19H29N3O4. The Hall–Kier alpha value is -2.05. The van der Waals surface area contributed by atoms with Gasteiger partial charge in [0.25, 0.3) is 5.91 Å². The van der Waals surface area contributed by atoms with Gasteiger partial charge in [0.15, 0.2) is 5.69 Å². The number of aromatic nitrogens is 1. The Morgan fingerprint density at radius 1 is 1.19 bits per heavy atom. The lowest BCUT2D eigenvalue weighted by Crippen LogP contribution is -2.51. The van der Waals surface area contributed by atoms with Gasteiger partial charge in [0.2, 0.25) is 0 Å². The molecule has 7 heteroatoms. The number of aryl methyl sites for hydroxylation is 1. The van der Waals surface area contributed by atoms with E-state index < -0.39 is 0 Å².